The van der Waals surface area contributed by atoms with Crippen LogP contribution < -0.4 is 5.32 Å². The van der Waals surface area contributed by atoms with Gasteiger partial charge in [-0.05, 0) is 54.8 Å². The molecule has 3 N–H and O–H groups in total. The second kappa shape index (κ2) is 16.5. The van der Waals surface area contributed by atoms with Crippen molar-refractivity contribution in [1.29, 1.82) is 0 Å². The van der Waals surface area contributed by atoms with E-state index in [2.05, 4.69) is 5.32 Å². The van der Waals surface area contributed by atoms with Crippen molar-refractivity contribution < 1.29 is 67.4 Å². The smallest absolute Gasteiger partial charge is 0.409 e. The van der Waals surface area contributed by atoms with Crippen molar-refractivity contribution >= 4 is 35.7 Å². The number of ketones is 1. The Morgan fingerprint density at radius 3 is 2.03 bits per heavy atom. The number of benzene rings is 3. The quantitative estimate of drug-likeness (QED) is 0.139. The maximum Gasteiger partial charge on any atom is 0.409 e. The van der Waals surface area contributed by atoms with Crippen molar-refractivity contribution in [3.8, 4) is 0 Å². The first-order valence-electron chi connectivity index (χ1n) is 21.6. The normalized spacial score (nSPS) is 34.0. The minimum atomic E-state index is -2.25. The average Bonchev–Trinajstić information content (AvgIpc) is 3.28. The average molecular weight is 895 g/mol. The van der Waals surface area contributed by atoms with Crippen molar-refractivity contribution in [2.24, 2.45) is 16.7 Å². The highest BCUT2D eigenvalue weighted by Crippen LogP contribution is 2.77. The summed E-state index contributed by atoms with van der Waals surface area (Å²) in [6.07, 6.45) is -8.66. The lowest BCUT2D eigenvalue weighted by atomic mass is 9.31. The van der Waals surface area contributed by atoms with Crippen LogP contribution in [0.5, 0.6) is 0 Å². The molecule has 9 rings (SSSR count). The molecule has 5 fully saturated rings. The van der Waals surface area contributed by atoms with E-state index < -0.39 is 112 Å². The minimum absolute atomic E-state index is 0.108. The number of aliphatic hydroxyl groups is 2. The molecule has 12 atom stereocenters. The van der Waals surface area contributed by atoms with Gasteiger partial charge < -0.3 is 48.9 Å². The van der Waals surface area contributed by atoms with Gasteiger partial charge >= 0.3 is 24.0 Å². The molecule has 4 saturated carbocycles. The number of nitrogens with one attached hydrogen (secondary N) is 1. The van der Waals surface area contributed by atoms with Gasteiger partial charge in [0.25, 0.3) is 5.91 Å². The van der Waals surface area contributed by atoms with E-state index in [0.29, 0.717) is 11.1 Å². The van der Waals surface area contributed by atoms with Crippen LogP contribution in [0.1, 0.15) is 79.3 Å². The molecule has 1 saturated heterocycles. The number of carbonyl (C=O) groups is 6. The fourth-order valence-corrected chi connectivity index (χ4v) is 11.7. The number of fused-ring (bicyclic) bond motifs is 2. The number of Topliss-reactive ketones (excluding diaryl/α,β-unsaturated/α-hetero) is 1. The highest BCUT2D eigenvalue weighted by Gasteiger charge is 2.89. The summed E-state index contributed by atoms with van der Waals surface area (Å²) in [5.74, 6) is -5.46. The molecule has 3 aromatic rings. The van der Waals surface area contributed by atoms with Crippen LogP contribution in [0.15, 0.2) is 102 Å². The van der Waals surface area contributed by atoms with Crippen LogP contribution in [0.4, 0.5) is 4.79 Å². The number of hydrogen-bond acceptors (Lipinski definition) is 14. The molecule has 4 bridgehead atoms. The number of carbonyl (C=O) groups excluding carboxylic acids is 6. The summed E-state index contributed by atoms with van der Waals surface area (Å²) in [4.78, 5) is 86.2. The Kier molecular flexibility index (Phi) is 11.6. The van der Waals surface area contributed by atoms with Crippen molar-refractivity contribution in [1.82, 2.24) is 10.2 Å². The van der Waals surface area contributed by atoms with Crippen molar-refractivity contribution in [3.05, 3.63) is 119 Å². The first-order chi connectivity index (χ1) is 30.8. The Morgan fingerprint density at radius 1 is 0.877 bits per heavy atom. The summed E-state index contributed by atoms with van der Waals surface area (Å²) < 4.78 is 37.5. The minimum Gasteiger partial charge on any atom is -0.456 e. The number of rotatable bonds is 11. The van der Waals surface area contributed by atoms with Crippen LogP contribution in [0, 0.1) is 16.7 Å². The maximum absolute atomic E-state index is 15.9. The number of aliphatic hydroxyl groups excluding tert-OH is 1. The van der Waals surface area contributed by atoms with E-state index in [4.69, 9.17) is 28.4 Å². The van der Waals surface area contributed by atoms with E-state index >= 15 is 4.79 Å². The summed E-state index contributed by atoms with van der Waals surface area (Å²) in [7, 11) is 4.27. The third-order valence-electron chi connectivity index (χ3n) is 14.7. The molecule has 0 aromatic heterocycles. The first kappa shape index (κ1) is 45.6. The predicted octanol–water partition coefficient (Wildman–Crippen LogP) is 4.28. The highest BCUT2D eigenvalue weighted by atomic mass is 16.6. The zero-order valence-corrected chi connectivity index (χ0v) is 37.3. The molecule has 344 valence electrons. The number of esters is 3. The van der Waals surface area contributed by atoms with Crippen molar-refractivity contribution in [3.63, 3.8) is 0 Å². The standard InChI is InChI=1S/C49H54N2O14/c1-27-32(62-42(57)37(53)36(29-17-11-8-12-18-29)50-40(55)30-19-13-9-14-20-30)24-49(59)45(3)25-48(49,65-41(56)31-21-15-10-16-22-31)43-46(4,39(54)38(60-7)35(27)45)33(63-44(58)51(5)6)23-34-47(43,26-61-34)64-28(2)52/h8-22,32-34,36-38,43,53,59H,23-26H2,1-7H3,(H,50,55)/t32-,33-,34+,36-,37+,38+,43-,45-,46-,47-,48+,49-/m0/s1. The Morgan fingerprint density at radius 2 is 1.48 bits per heavy atom. The number of methoxy groups -OCH3 is 1. The van der Waals surface area contributed by atoms with Gasteiger partial charge in [-0.25, -0.2) is 14.4 Å². The van der Waals surface area contributed by atoms with E-state index in [0.717, 1.165) is 0 Å². The van der Waals surface area contributed by atoms with E-state index in [1.165, 1.54) is 45.2 Å². The third-order valence-corrected chi connectivity index (χ3v) is 14.7. The molecule has 6 aliphatic rings. The summed E-state index contributed by atoms with van der Waals surface area (Å²) in [6, 6.07) is 23.4. The van der Waals surface area contributed by atoms with Gasteiger partial charge in [0.2, 0.25) is 0 Å². The lowest BCUT2D eigenvalue weighted by Crippen LogP contribution is -2.91. The van der Waals surface area contributed by atoms with Gasteiger partial charge in [-0.15, -0.1) is 0 Å². The SMILES string of the molecule is CO[C@H]1C(=O)[C@]2(C)[C@@H](OC(=O)N(C)C)C[C@H]3OC[C@@]3(OC(C)=O)[C@H]2[C@]2(OC(=O)c3ccccc3)C[C@@]3(C)C1=C(C)[C@@H](OC(=O)[C@H](O)[C@@H](NC(=O)c1ccccc1)c1ccccc1)C[C@]32O. The second-order valence-electron chi connectivity index (χ2n) is 18.5. The zero-order chi connectivity index (χ0) is 46.9. The molecule has 0 radical (unpaired) electrons. The van der Waals surface area contributed by atoms with Crippen molar-refractivity contribution in [2.45, 2.75) is 100 Å². The lowest BCUT2D eigenvalue weighted by molar-refractivity contribution is -0.403. The van der Waals surface area contributed by atoms with E-state index in [1.54, 1.807) is 99.6 Å². The predicted molar refractivity (Wildman–Crippen MR) is 229 cm³/mol. The Bertz CT molecular complexity index is 2430. The number of hydrogen-bond donors (Lipinski definition) is 3. The maximum atomic E-state index is 15.9. The van der Waals surface area contributed by atoms with Gasteiger partial charge in [0.05, 0.1) is 29.5 Å². The second-order valence-corrected chi connectivity index (χ2v) is 18.5. The lowest BCUT2D eigenvalue weighted by Gasteiger charge is -2.78. The number of amides is 2. The van der Waals surface area contributed by atoms with Gasteiger partial charge in [-0.3, -0.25) is 14.4 Å². The van der Waals surface area contributed by atoms with E-state index in [1.807, 2.05) is 0 Å². The largest absolute Gasteiger partial charge is 0.456 e. The van der Waals surface area contributed by atoms with E-state index in [9.17, 15) is 34.2 Å². The van der Waals surface area contributed by atoms with Gasteiger partial charge in [-0.1, -0.05) is 73.7 Å². The molecule has 3 aromatic carbocycles. The number of nitrogens with zero attached hydrogens (tertiary/aromatic N) is 1. The first-order valence-corrected chi connectivity index (χ1v) is 21.6. The molecule has 0 spiro atoms. The molecule has 1 aliphatic heterocycles. The summed E-state index contributed by atoms with van der Waals surface area (Å²) in [6.45, 7) is 5.82. The summed E-state index contributed by atoms with van der Waals surface area (Å²) in [5.41, 5.74) is -8.12. The topological polar surface area (TPSA) is 214 Å². The van der Waals surface area contributed by atoms with Crippen LogP contribution >= 0.6 is 0 Å². The van der Waals surface area contributed by atoms with Crippen LogP contribution in [-0.2, 0) is 42.8 Å². The fourth-order valence-electron chi connectivity index (χ4n) is 11.7. The van der Waals surface area contributed by atoms with Crippen molar-refractivity contribution in [2.75, 3.05) is 27.8 Å². The summed E-state index contributed by atoms with van der Waals surface area (Å²) >= 11 is 0. The number of ether oxygens (including phenoxy) is 6. The van der Waals surface area contributed by atoms with Gasteiger partial charge in [0.15, 0.2) is 23.1 Å². The van der Waals surface area contributed by atoms with Gasteiger partial charge in [-0.2, -0.15) is 0 Å². The Balaban J connectivity index is 1.29. The third kappa shape index (κ3) is 6.86. The van der Waals surface area contributed by atoms with Gasteiger partial charge in [0.1, 0.15) is 30.0 Å². The summed E-state index contributed by atoms with van der Waals surface area (Å²) in [5, 5.41) is 28.5. The molecule has 16 heteroatoms. The zero-order valence-electron chi connectivity index (χ0n) is 37.3. The Labute approximate surface area is 376 Å². The van der Waals surface area contributed by atoms with Gasteiger partial charge in [0, 0.05) is 58.4 Å². The molecule has 2 amide bonds. The molecule has 16 nitrogen and oxygen atoms in total. The van der Waals surface area contributed by atoms with Crippen LogP contribution in [-0.4, -0.2) is 126 Å². The monoisotopic (exact) mass is 894 g/mol. The molecule has 65 heavy (non-hydrogen) atoms. The molecule has 5 aliphatic carbocycles. The molecule has 0 unspecified atom stereocenters. The Hall–Kier alpha value is -5.94. The van der Waals surface area contributed by atoms with E-state index in [-0.39, 0.29) is 36.1 Å². The highest BCUT2D eigenvalue weighted by molar-refractivity contribution is 5.96. The van der Waals surface area contributed by atoms with Crippen LogP contribution in [0.25, 0.3) is 0 Å². The fraction of sp³-hybridized carbons (Fsp3) is 0.469. The van der Waals surface area contributed by atoms with Crippen LogP contribution in [0.2, 0.25) is 0 Å². The molecular weight excluding hydrogens is 841 g/mol. The molecular formula is C49H54N2O14. The van der Waals surface area contributed by atoms with Crippen LogP contribution in [0.3, 0.4) is 0 Å². The molecule has 1 heterocycles.